The lowest BCUT2D eigenvalue weighted by Gasteiger charge is -2.41. The highest BCUT2D eigenvalue weighted by atomic mass is 16.5. The van der Waals surface area contributed by atoms with Crippen molar-refractivity contribution in [2.45, 2.75) is 45.3 Å². The van der Waals surface area contributed by atoms with Crippen LogP contribution < -0.4 is 5.32 Å². The third kappa shape index (κ3) is 6.46. The number of methoxy groups -OCH3 is 2. The number of likely N-dealkylation sites (N-methyl/N-ethyl adjacent to an activating group) is 1. The molecule has 4 nitrogen and oxygen atoms in total. The maximum absolute atomic E-state index is 5.53. The molecule has 0 heterocycles. The fraction of sp³-hybridized carbons (Fsp3) is 0.619. The largest absolute Gasteiger partial charge is 0.385 e. The van der Waals surface area contributed by atoms with E-state index in [0.29, 0.717) is 12.0 Å². The van der Waals surface area contributed by atoms with Crippen LogP contribution in [0.5, 0.6) is 0 Å². The molecule has 0 radical (unpaired) electrons. The maximum atomic E-state index is 5.53. The van der Waals surface area contributed by atoms with E-state index in [1.165, 1.54) is 11.4 Å². The van der Waals surface area contributed by atoms with Crippen LogP contribution in [0, 0.1) is 5.92 Å². The number of ether oxygens (including phenoxy) is 2. The molecule has 1 aliphatic carbocycles. The molecule has 0 fully saturated rings. The highest BCUT2D eigenvalue weighted by molar-refractivity contribution is 5.23. The van der Waals surface area contributed by atoms with Crippen molar-refractivity contribution in [3.63, 3.8) is 0 Å². The molecule has 142 valence electrons. The van der Waals surface area contributed by atoms with Gasteiger partial charge >= 0.3 is 0 Å². The summed E-state index contributed by atoms with van der Waals surface area (Å²) in [4.78, 5) is 2.47. The zero-order chi connectivity index (χ0) is 18.7. The zero-order valence-electron chi connectivity index (χ0n) is 16.6. The second-order valence-electron chi connectivity index (χ2n) is 6.53. The Balaban J connectivity index is 3.18. The lowest BCUT2D eigenvalue weighted by atomic mass is 9.87. The summed E-state index contributed by atoms with van der Waals surface area (Å²) in [6.45, 7) is 9.94. The van der Waals surface area contributed by atoms with Crippen molar-refractivity contribution in [2.24, 2.45) is 5.92 Å². The summed E-state index contributed by atoms with van der Waals surface area (Å²) in [5, 5.41) is 3.30. The number of nitrogens with one attached hydrogen (secondary N) is 1. The predicted octanol–water partition coefficient (Wildman–Crippen LogP) is 3.89. The first-order valence-electron chi connectivity index (χ1n) is 9.23. The Kier molecular flexibility index (Phi) is 10.5. The van der Waals surface area contributed by atoms with Crippen LogP contribution in [0.15, 0.2) is 48.4 Å². The maximum Gasteiger partial charge on any atom is 0.0756 e. The SMILES string of the molecule is C=C/C=C(\CCCOC)N(/C(=C/C)CNC)[C@H]1C=CC(OC)C[C@@H]1C. The molecular weight excluding hydrogens is 312 g/mol. The smallest absolute Gasteiger partial charge is 0.0756 e. The number of hydrogen-bond donors (Lipinski definition) is 1. The molecule has 1 aliphatic rings. The molecule has 0 spiro atoms. The minimum atomic E-state index is 0.215. The Morgan fingerprint density at radius 3 is 2.60 bits per heavy atom. The molecule has 0 bridgehead atoms. The molecule has 0 aromatic rings. The van der Waals surface area contributed by atoms with Crippen LogP contribution in [-0.4, -0.2) is 51.5 Å². The van der Waals surface area contributed by atoms with Crippen LogP contribution in [0.25, 0.3) is 0 Å². The van der Waals surface area contributed by atoms with E-state index in [2.05, 4.69) is 54.9 Å². The number of allylic oxidation sites excluding steroid dienone is 4. The Morgan fingerprint density at radius 1 is 1.32 bits per heavy atom. The summed E-state index contributed by atoms with van der Waals surface area (Å²) in [5.74, 6) is 0.498. The molecule has 3 atom stereocenters. The quantitative estimate of drug-likeness (QED) is 0.349. The molecule has 0 aliphatic heterocycles. The van der Waals surface area contributed by atoms with E-state index in [4.69, 9.17) is 9.47 Å². The summed E-state index contributed by atoms with van der Waals surface area (Å²) < 4.78 is 10.8. The van der Waals surface area contributed by atoms with Crippen molar-refractivity contribution in [1.29, 1.82) is 0 Å². The van der Waals surface area contributed by atoms with E-state index in [-0.39, 0.29) is 6.10 Å². The number of rotatable bonds is 11. The third-order valence-corrected chi connectivity index (χ3v) is 4.71. The fourth-order valence-electron chi connectivity index (χ4n) is 3.42. The summed E-state index contributed by atoms with van der Waals surface area (Å²) in [6.07, 6.45) is 13.9. The normalized spacial score (nSPS) is 24.4. The second kappa shape index (κ2) is 12.1. The predicted molar refractivity (Wildman–Crippen MR) is 106 cm³/mol. The van der Waals surface area contributed by atoms with Crippen LogP contribution in [0.4, 0.5) is 0 Å². The summed E-state index contributed by atoms with van der Waals surface area (Å²) >= 11 is 0. The van der Waals surface area contributed by atoms with Gasteiger partial charge in [0, 0.05) is 38.8 Å². The van der Waals surface area contributed by atoms with E-state index in [0.717, 1.165) is 32.4 Å². The lowest BCUT2D eigenvalue weighted by Crippen LogP contribution is -2.42. The fourth-order valence-corrected chi connectivity index (χ4v) is 3.42. The molecule has 0 saturated heterocycles. The highest BCUT2D eigenvalue weighted by Gasteiger charge is 2.30. The van der Waals surface area contributed by atoms with Gasteiger partial charge in [0.15, 0.2) is 0 Å². The highest BCUT2D eigenvalue weighted by Crippen LogP contribution is 2.31. The van der Waals surface area contributed by atoms with E-state index in [9.17, 15) is 0 Å². The van der Waals surface area contributed by atoms with Gasteiger partial charge in [0.05, 0.1) is 12.1 Å². The van der Waals surface area contributed by atoms with Crippen LogP contribution >= 0.6 is 0 Å². The molecule has 0 amide bonds. The molecule has 0 aromatic heterocycles. The van der Waals surface area contributed by atoms with Crippen LogP contribution in [0.2, 0.25) is 0 Å². The first kappa shape index (κ1) is 21.7. The van der Waals surface area contributed by atoms with Gasteiger partial charge in [-0.25, -0.2) is 0 Å². The lowest BCUT2D eigenvalue weighted by molar-refractivity contribution is 0.0962. The first-order valence-corrected chi connectivity index (χ1v) is 9.23. The first-order chi connectivity index (χ1) is 12.1. The van der Waals surface area contributed by atoms with Gasteiger partial charge in [-0.3, -0.25) is 0 Å². The third-order valence-electron chi connectivity index (χ3n) is 4.71. The van der Waals surface area contributed by atoms with E-state index in [1.807, 2.05) is 13.1 Å². The van der Waals surface area contributed by atoms with Gasteiger partial charge in [0.2, 0.25) is 0 Å². The van der Waals surface area contributed by atoms with Gasteiger partial charge in [-0.15, -0.1) is 0 Å². The standard InChI is InChI=1S/C21H36N2O2/c1-7-10-19(11-9-14-24-5)23(18(8-2)16-22-4)21-13-12-20(25-6)15-17(21)3/h7-8,10,12-13,17,20-22H,1,9,11,14-16H2,2-6H3/b18-8+,19-10+/t17-,20?,21-/m0/s1. The van der Waals surface area contributed by atoms with E-state index >= 15 is 0 Å². The molecule has 4 heteroatoms. The Hall–Kier alpha value is -1.36. The minimum Gasteiger partial charge on any atom is -0.385 e. The van der Waals surface area contributed by atoms with Crippen LogP contribution in [-0.2, 0) is 9.47 Å². The molecule has 1 N–H and O–H groups in total. The molecular formula is C21H36N2O2. The van der Waals surface area contributed by atoms with Gasteiger partial charge in [-0.2, -0.15) is 0 Å². The van der Waals surface area contributed by atoms with Gasteiger partial charge in [0.1, 0.15) is 0 Å². The van der Waals surface area contributed by atoms with Crippen molar-refractivity contribution in [2.75, 3.05) is 34.4 Å². The number of hydrogen-bond acceptors (Lipinski definition) is 4. The zero-order valence-corrected chi connectivity index (χ0v) is 16.6. The monoisotopic (exact) mass is 348 g/mol. The molecule has 1 rings (SSSR count). The van der Waals surface area contributed by atoms with Gasteiger partial charge in [-0.05, 0) is 45.2 Å². The Morgan fingerprint density at radius 2 is 2.08 bits per heavy atom. The molecule has 25 heavy (non-hydrogen) atoms. The average molecular weight is 349 g/mol. The van der Waals surface area contributed by atoms with Crippen LogP contribution in [0.1, 0.15) is 33.1 Å². The topological polar surface area (TPSA) is 33.7 Å². The second-order valence-corrected chi connectivity index (χ2v) is 6.53. The summed E-state index contributed by atoms with van der Waals surface area (Å²) in [5.41, 5.74) is 2.57. The number of nitrogens with zero attached hydrogens (tertiary/aromatic N) is 1. The van der Waals surface area contributed by atoms with Gasteiger partial charge < -0.3 is 19.7 Å². The Bertz CT molecular complexity index is 482. The van der Waals surface area contributed by atoms with Crippen LogP contribution in [0.3, 0.4) is 0 Å². The molecule has 0 saturated carbocycles. The van der Waals surface area contributed by atoms with E-state index < -0.39 is 0 Å². The van der Waals surface area contributed by atoms with Crippen molar-refractivity contribution in [3.8, 4) is 0 Å². The van der Waals surface area contributed by atoms with Crippen molar-refractivity contribution in [3.05, 3.63) is 48.4 Å². The summed E-state index contributed by atoms with van der Waals surface area (Å²) in [6, 6.07) is 0.319. The van der Waals surface area contributed by atoms with Gasteiger partial charge in [-0.1, -0.05) is 37.8 Å². The minimum absolute atomic E-state index is 0.215. The van der Waals surface area contributed by atoms with Crippen molar-refractivity contribution in [1.82, 2.24) is 10.2 Å². The summed E-state index contributed by atoms with van der Waals surface area (Å²) in [7, 11) is 5.53. The molecule has 1 unspecified atom stereocenters. The molecule has 0 aromatic carbocycles. The van der Waals surface area contributed by atoms with Crippen molar-refractivity contribution < 1.29 is 9.47 Å². The van der Waals surface area contributed by atoms with Crippen molar-refractivity contribution >= 4 is 0 Å². The van der Waals surface area contributed by atoms with Gasteiger partial charge in [0.25, 0.3) is 0 Å². The Labute approximate surface area is 154 Å². The van der Waals surface area contributed by atoms with E-state index in [1.54, 1.807) is 14.2 Å². The average Bonchev–Trinajstić information content (AvgIpc) is 2.62.